The Balaban J connectivity index is 0.000000739. The maximum absolute atomic E-state index is 13.8. The Morgan fingerprint density at radius 2 is 0.765 bits per heavy atom. The van der Waals surface area contributed by atoms with Crippen LogP contribution in [-0.4, -0.2) is 14.7 Å². The first-order valence-corrected chi connectivity index (χ1v) is 13.4. The van der Waals surface area contributed by atoms with E-state index in [1.54, 1.807) is 18.2 Å². The van der Waals surface area contributed by atoms with Crippen molar-refractivity contribution >= 4 is 15.6 Å². The molecule has 0 aliphatic rings. The van der Waals surface area contributed by atoms with Gasteiger partial charge >= 0.3 is 15.6 Å². The molecule has 3 aromatic carbocycles. The minimum absolute atomic E-state index is 0.476. The summed E-state index contributed by atoms with van der Waals surface area (Å²) in [5.74, 6) is 1.43. The molecule has 3 aromatic rings. The molecule has 184 valence electrons. The van der Waals surface area contributed by atoms with E-state index in [0.29, 0.717) is 17.2 Å². The molecule has 0 aliphatic carbocycles. The highest BCUT2D eigenvalue weighted by atomic mass is 31.2. The average molecular weight is 508 g/mol. The fraction of sp³-hybridized carbons (Fsp3) is 0.250. The van der Waals surface area contributed by atoms with Gasteiger partial charge in [-0.1, -0.05) is 36.4 Å². The molecule has 0 spiro atoms. The molecule has 10 heteroatoms. The summed E-state index contributed by atoms with van der Waals surface area (Å²) in [6.45, 7) is 11.7. The standard InChI is InChI=1S/C24H27O4P.H3O4P/c1-16-10-7-13-22(19(16)4)26-29(25,27-23-14-8-11-17(2)20(23)5)28-24-15-9-12-18(3)21(24)6;1-5(2,3)4/h7-15H,1-6H3;(H3,1,2,3,4). The Bertz CT molecular complexity index is 1100. The topological polar surface area (TPSA) is 123 Å². The Kier molecular flexibility index (Phi) is 9.12. The van der Waals surface area contributed by atoms with Gasteiger partial charge in [0.05, 0.1) is 0 Å². The van der Waals surface area contributed by atoms with Crippen LogP contribution in [0.2, 0.25) is 0 Å². The van der Waals surface area contributed by atoms with Crippen molar-refractivity contribution in [1.29, 1.82) is 0 Å². The first-order chi connectivity index (χ1) is 15.7. The second-order valence-electron chi connectivity index (χ2n) is 7.83. The zero-order chi connectivity index (χ0) is 25.7. The maximum atomic E-state index is 13.8. The molecule has 0 fully saturated rings. The third-order valence-electron chi connectivity index (χ3n) is 5.30. The molecule has 0 atom stereocenters. The SMILES string of the molecule is Cc1cccc(OP(=O)(Oc2cccc(C)c2C)Oc2cccc(C)c2C)c1C.O=P(O)(O)O. The summed E-state index contributed by atoms with van der Waals surface area (Å²) in [7, 11) is -8.66. The van der Waals surface area contributed by atoms with Crippen LogP contribution < -0.4 is 13.6 Å². The summed E-state index contributed by atoms with van der Waals surface area (Å²) in [4.78, 5) is 21.6. The molecule has 34 heavy (non-hydrogen) atoms. The van der Waals surface area contributed by atoms with Crippen LogP contribution in [0.3, 0.4) is 0 Å². The number of phosphoric acid groups is 2. The zero-order valence-electron chi connectivity index (χ0n) is 20.0. The molecule has 0 amide bonds. The Morgan fingerprint density at radius 3 is 1.00 bits per heavy atom. The molecule has 0 saturated heterocycles. The lowest BCUT2D eigenvalue weighted by Gasteiger charge is -2.23. The van der Waals surface area contributed by atoms with E-state index in [9.17, 15) is 4.57 Å². The Labute approximate surface area is 200 Å². The molecule has 0 unspecified atom stereocenters. The zero-order valence-corrected chi connectivity index (χ0v) is 21.8. The first kappa shape index (κ1) is 27.6. The third kappa shape index (κ3) is 8.01. The first-order valence-electron chi connectivity index (χ1n) is 10.4. The van der Waals surface area contributed by atoms with Crippen LogP contribution in [-0.2, 0) is 9.13 Å². The van der Waals surface area contributed by atoms with Gasteiger partial charge < -0.3 is 28.3 Å². The monoisotopic (exact) mass is 508 g/mol. The van der Waals surface area contributed by atoms with Gasteiger partial charge in [-0.15, -0.1) is 0 Å². The van der Waals surface area contributed by atoms with Crippen LogP contribution in [0.1, 0.15) is 33.4 Å². The molecule has 0 aliphatic heterocycles. The van der Waals surface area contributed by atoms with Gasteiger partial charge in [0, 0.05) is 0 Å². The molecular formula is C24H30O8P2. The van der Waals surface area contributed by atoms with Gasteiger partial charge in [0.25, 0.3) is 0 Å². The second kappa shape index (κ2) is 11.2. The van der Waals surface area contributed by atoms with Crippen molar-refractivity contribution in [2.45, 2.75) is 41.5 Å². The Hall–Kier alpha value is -2.60. The summed E-state index contributed by atoms with van der Waals surface area (Å²) in [6.07, 6.45) is 0. The smallest absolute Gasteiger partial charge is 0.386 e. The second-order valence-corrected chi connectivity index (χ2v) is 10.3. The summed E-state index contributed by atoms with van der Waals surface area (Å²) >= 11 is 0. The third-order valence-corrected chi connectivity index (χ3v) is 6.56. The molecule has 3 N–H and O–H groups in total. The van der Waals surface area contributed by atoms with E-state index in [1.165, 1.54) is 0 Å². The molecule has 0 aromatic heterocycles. The quantitative estimate of drug-likeness (QED) is 0.334. The molecule has 0 bridgehead atoms. The average Bonchev–Trinajstić information content (AvgIpc) is 2.71. The van der Waals surface area contributed by atoms with Crippen molar-refractivity contribution in [3.8, 4) is 17.2 Å². The van der Waals surface area contributed by atoms with E-state index < -0.39 is 15.6 Å². The maximum Gasteiger partial charge on any atom is 0.647 e. The van der Waals surface area contributed by atoms with E-state index in [0.717, 1.165) is 33.4 Å². The van der Waals surface area contributed by atoms with Crippen molar-refractivity contribution in [2.24, 2.45) is 0 Å². The minimum Gasteiger partial charge on any atom is -0.386 e. The van der Waals surface area contributed by atoms with Gasteiger partial charge in [-0.25, -0.2) is 4.57 Å². The molecule has 0 radical (unpaired) electrons. The lowest BCUT2D eigenvalue weighted by Crippen LogP contribution is -2.10. The van der Waals surface area contributed by atoms with Crippen LogP contribution in [0.5, 0.6) is 17.2 Å². The van der Waals surface area contributed by atoms with Crippen LogP contribution >= 0.6 is 15.6 Å². The van der Waals surface area contributed by atoms with Crippen molar-refractivity contribution in [3.63, 3.8) is 0 Å². The number of rotatable bonds is 6. The summed E-state index contributed by atoms with van der Waals surface area (Å²) in [5, 5.41) is 0. The largest absolute Gasteiger partial charge is 0.647 e. The number of benzene rings is 3. The molecule has 0 heterocycles. The lowest BCUT2D eigenvalue weighted by atomic mass is 10.1. The van der Waals surface area contributed by atoms with Crippen molar-refractivity contribution in [1.82, 2.24) is 0 Å². The number of aryl methyl sites for hydroxylation is 3. The van der Waals surface area contributed by atoms with Crippen LogP contribution in [0.4, 0.5) is 0 Å². The minimum atomic E-state index is -4.64. The summed E-state index contributed by atoms with van der Waals surface area (Å²) < 4.78 is 40.5. The Morgan fingerprint density at radius 1 is 0.529 bits per heavy atom. The van der Waals surface area contributed by atoms with E-state index in [1.807, 2.05) is 77.9 Å². The number of phosphoric ester groups is 1. The van der Waals surface area contributed by atoms with Crippen LogP contribution in [0, 0.1) is 41.5 Å². The summed E-state index contributed by atoms with van der Waals surface area (Å²) in [5.41, 5.74) is 5.78. The van der Waals surface area contributed by atoms with Crippen molar-refractivity contribution < 1.29 is 37.4 Å². The fourth-order valence-corrected chi connectivity index (χ4v) is 4.31. The van der Waals surface area contributed by atoms with Gasteiger partial charge in [-0.3, -0.25) is 0 Å². The predicted molar refractivity (Wildman–Crippen MR) is 132 cm³/mol. The van der Waals surface area contributed by atoms with Crippen molar-refractivity contribution in [3.05, 3.63) is 88.0 Å². The van der Waals surface area contributed by atoms with E-state index in [-0.39, 0.29) is 0 Å². The van der Waals surface area contributed by atoms with Gasteiger partial charge in [-0.2, -0.15) is 4.57 Å². The van der Waals surface area contributed by atoms with E-state index in [2.05, 4.69) is 0 Å². The molecule has 3 rings (SSSR count). The van der Waals surface area contributed by atoms with Crippen LogP contribution in [0.25, 0.3) is 0 Å². The van der Waals surface area contributed by atoms with Gasteiger partial charge in [0.2, 0.25) is 0 Å². The van der Waals surface area contributed by atoms with Gasteiger partial charge in [-0.05, 0) is 93.1 Å². The van der Waals surface area contributed by atoms with E-state index in [4.69, 9.17) is 32.8 Å². The lowest BCUT2D eigenvalue weighted by molar-refractivity contribution is 0.275. The van der Waals surface area contributed by atoms with Gasteiger partial charge in [0.1, 0.15) is 17.2 Å². The highest BCUT2D eigenvalue weighted by Gasteiger charge is 2.35. The number of hydrogen-bond acceptors (Lipinski definition) is 5. The molecule has 8 nitrogen and oxygen atoms in total. The van der Waals surface area contributed by atoms with Crippen molar-refractivity contribution in [2.75, 3.05) is 0 Å². The van der Waals surface area contributed by atoms with Crippen LogP contribution in [0.15, 0.2) is 54.6 Å². The highest BCUT2D eigenvalue weighted by Crippen LogP contribution is 2.52. The normalized spacial score (nSPS) is 11.3. The summed E-state index contributed by atoms with van der Waals surface area (Å²) in [6, 6.07) is 16.8. The predicted octanol–water partition coefficient (Wildman–Crippen LogP) is 6.25. The molecular weight excluding hydrogens is 478 g/mol. The number of hydrogen-bond donors (Lipinski definition) is 3. The molecule has 0 saturated carbocycles. The fourth-order valence-electron chi connectivity index (χ4n) is 2.89. The van der Waals surface area contributed by atoms with Gasteiger partial charge in [0.15, 0.2) is 0 Å². The highest BCUT2D eigenvalue weighted by molar-refractivity contribution is 7.49. The van der Waals surface area contributed by atoms with E-state index >= 15 is 0 Å².